The van der Waals surface area contributed by atoms with E-state index < -0.39 is 0 Å². The molecular weight excluding hydrogens is 238 g/mol. The van der Waals surface area contributed by atoms with Gasteiger partial charge in [-0.3, -0.25) is 9.69 Å². The van der Waals surface area contributed by atoms with Crippen LogP contribution in [0.2, 0.25) is 0 Å². The van der Waals surface area contributed by atoms with Crippen LogP contribution < -0.4 is 10.6 Å². The van der Waals surface area contributed by atoms with E-state index in [1.54, 1.807) is 0 Å². The van der Waals surface area contributed by atoms with Crippen molar-refractivity contribution in [2.45, 2.75) is 51.9 Å². The molecule has 0 aromatic rings. The van der Waals surface area contributed by atoms with Gasteiger partial charge in [-0.2, -0.15) is 0 Å². The summed E-state index contributed by atoms with van der Waals surface area (Å²) >= 11 is 0. The van der Waals surface area contributed by atoms with E-state index in [1.165, 1.54) is 32.1 Å². The van der Waals surface area contributed by atoms with Gasteiger partial charge in [0.05, 0.1) is 0 Å². The minimum Gasteiger partial charge on any atom is -0.355 e. The third kappa shape index (κ3) is 9.00. The maximum atomic E-state index is 11.6. The molecule has 1 fully saturated rings. The monoisotopic (exact) mass is 269 g/mol. The van der Waals surface area contributed by atoms with Crippen molar-refractivity contribution in [3.8, 4) is 0 Å². The SMILES string of the molecule is CCCCCCCCC(=O)NCCN1CCNCC1. The lowest BCUT2D eigenvalue weighted by molar-refractivity contribution is -0.121. The van der Waals surface area contributed by atoms with Crippen LogP contribution in [0.1, 0.15) is 51.9 Å². The lowest BCUT2D eigenvalue weighted by Crippen LogP contribution is -2.46. The normalized spacial score (nSPS) is 16.5. The Labute approximate surface area is 118 Å². The van der Waals surface area contributed by atoms with Crippen molar-refractivity contribution in [1.29, 1.82) is 0 Å². The van der Waals surface area contributed by atoms with E-state index in [-0.39, 0.29) is 5.91 Å². The number of amides is 1. The van der Waals surface area contributed by atoms with Gasteiger partial charge in [-0.1, -0.05) is 39.0 Å². The van der Waals surface area contributed by atoms with Crippen LogP contribution in [0.5, 0.6) is 0 Å². The molecule has 0 atom stereocenters. The highest BCUT2D eigenvalue weighted by Crippen LogP contribution is 2.06. The topological polar surface area (TPSA) is 44.4 Å². The van der Waals surface area contributed by atoms with Gasteiger partial charge in [0.2, 0.25) is 5.91 Å². The Morgan fingerprint density at radius 2 is 1.79 bits per heavy atom. The Morgan fingerprint density at radius 1 is 1.11 bits per heavy atom. The van der Waals surface area contributed by atoms with Crippen molar-refractivity contribution in [3.63, 3.8) is 0 Å². The van der Waals surface area contributed by atoms with E-state index in [1.807, 2.05) is 0 Å². The van der Waals surface area contributed by atoms with Crippen molar-refractivity contribution in [2.75, 3.05) is 39.3 Å². The standard InChI is InChI=1S/C15H31N3O/c1-2-3-4-5-6-7-8-15(19)17-11-14-18-12-9-16-10-13-18/h16H,2-14H2,1H3,(H,17,19). The van der Waals surface area contributed by atoms with Gasteiger partial charge in [-0.15, -0.1) is 0 Å². The lowest BCUT2D eigenvalue weighted by Gasteiger charge is -2.27. The number of hydrogen-bond donors (Lipinski definition) is 2. The van der Waals surface area contributed by atoms with Crippen LogP contribution in [-0.2, 0) is 4.79 Å². The predicted octanol–water partition coefficient (Wildman–Crippen LogP) is 1.76. The predicted molar refractivity (Wildman–Crippen MR) is 80.3 cm³/mol. The second-order valence-electron chi connectivity index (χ2n) is 5.46. The molecule has 19 heavy (non-hydrogen) atoms. The van der Waals surface area contributed by atoms with E-state index in [9.17, 15) is 4.79 Å². The first kappa shape index (κ1) is 16.4. The fraction of sp³-hybridized carbons (Fsp3) is 0.933. The Morgan fingerprint density at radius 3 is 2.53 bits per heavy atom. The summed E-state index contributed by atoms with van der Waals surface area (Å²) in [7, 11) is 0. The molecule has 0 bridgehead atoms. The van der Waals surface area contributed by atoms with Gasteiger partial charge in [0.1, 0.15) is 0 Å². The van der Waals surface area contributed by atoms with E-state index in [0.29, 0.717) is 6.42 Å². The Bertz CT molecular complexity index is 227. The number of carbonyl (C=O) groups is 1. The summed E-state index contributed by atoms with van der Waals surface area (Å²) < 4.78 is 0. The van der Waals surface area contributed by atoms with E-state index >= 15 is 0 Å². The van der Waals surface area contributed by atoms with E-state index in [2.05, 4.69) is 22.5 Å². The molecular formula is C15H31N3O. The molecule has 0 aromatic heterocycles. The molecule has 0 radical (unpaired) electrons. The second kappa shape index (κ2) is 11.2. The number of piperazine rings is 1. The van der Waals surface area contributed by atoms with Gasteiger partial charge in [-0.25, -0.2) is 0 Å². The smallest absolute Gasteiger partial charge is 0.220 e. The summed E-state index contributed by atoms with van der Waals surface area (Å²) in [5.74, 6) is 0.227. The van der Waals surface area contributed by atoms with Crippen molar-refractivity contribution >= 4 is 5.91 Å². The summed E-state index contributed by atoms with van der Waals surface area (Å²) in [6, 6.07) is 0. The summed E-state index contributed by atoms with van der Waals surface area (Å²) in [4.78, 5) is 14.0. The molecule has 0 aliphatic carbocycles. The van der Waals surface area contributed by atoms with Crippen molar-refractivity contribution in [3.05, 3.63) is 0 Å². The molecule has 0 saturated carbocycles. The van der Waals surface area contributed by atoms with Crippen molar-refractivity contribution in [2.24, 2.45) is 0 Å². The highest BCUT2D eigenvalue weighted by molar-refractivity contribution is 5.75. The van der Waals surface area contributed by atoms with Gasteiger partial charge >= 0.3 is 0 Å². The van der Waals surface area contributed by atoms with Crippen LogP contribution in [0.15, 0.2) is 0 Å². The molecule has 1 heterocycles. The Balaban J connectivity index is 1.87. The molecule has 4 nitrogen and oxygen atoms in total. The molecule has 112 valence electrons. The molecule has 1 saturated heterocycles. The number of unbranched alkanes of at least 4 members (excludes halogenated alkanes) is 5. The van der Waals surface area contributed by atoms with Crippen LogP contribution in [0.3, 0.4) is 0 Å². The minimum atomic E-state index is 0.227. The average Bonchev–Trinajstić information content (AvgIpc) is 2.44. The molecule has 0 spiro atoms. The molecule has 0 unspecified atom stereocenters. The lowest BCUT2D eigenvalue weighted by atomic mass is 10.1. The molecule has 1 amide bonds. The van der Waals surface area contributed by atoms with Gasteiger partial charge in [-0.05, 0) is 6.42 Å². The largest absolute Gasteiger partial charge is 0.355 e. The number of nitrogens with zero attached hydrogens (tertiary/aromatic N) is 1. The Hall–Kier alpha value is -0.610. The zero-order valence-corrected chi connectivity index (χ0v) is 12.5. The van der Waals surface area contributed by atoms with Crippen LogP contribution in [0.25, 0.3) is 0 Å². The molecule has 2 N–H and O–H groups in total. The summed E-state index contributed by atoms with van der Waals surface area (Å²) in [5.41, 5.74) is 0. The number of rotatable bonds is 10. The summed E-state index contributed by atoms with van der Waals surface area (Å²) in [6.45, 7) is 8.38. The first-order chi connectivity index (χ1) is 9.33. The van der Waals surface area contributed by atoms with Crippen LogP contribution in [0.4, 0.5) is 0 Å². The maximum Gasteiger partial charge on any atom is 0.220 e. The van der Waals surface area contributed by atoms with E-state index in [0.717, 1.165) is 45.7 Å². The van der Waals surface area contributed by atoms with Crippen molar-refractivity contribution < 1.29 is 4.79 Å². The van der Waals surface area contributed by atoms with Crippen molar-refractivity contribution in [1.82, 2.24) is 15.5 Å². The number of carbonyl (C=O) groups excluding carboxylic acids is 1. The van der Waals surface area contributed by atoms with E-state index in [4.69, 9.17) is 0 Å². The van der Waals surface area contributed by atoms with Crippen LogP contribution >= 0.6 is 0 Å². The zero-order valence-electron chi connectivity index (χ0n) is 12.5. The van der Waals surface area contributed by atoms with Gasteiger partial charge in [0.25, 0.3) is 0 Å². The Kier molecular flexibility index (Phi) is 9.72. The van der Waals surface area contributed by atoms with Gasteiger partial charge in [0, 0.05) is 45.7 Å². The molecule has 0 aromatic carbocycles. The zero-order chi connectivity index (χ0) is 13.8. The first-order valence-electron chi connectivity index (χ1n) is 8.02. The molecule has 1 aliphatic rings. The summed E-state index contributed by atoms with van der Waals surface area (Å²) in [6.07, 6.45) is 8.16. The molecule has 1 rings (SSSR count). The molecule has 4 heteroatoms. The van der Waals surface area contributed by atoms with Gasteiger partial charge in [0.15, 0.2) is 0 Å². The number of hydrogen-bond acceptors (Lipinski definition) is 3. The first-order valence-corrected chi connectivity index (χ1v) is 8.02. The highest BCUT2D eigenvalue weighted by atomic mass is 16.1. The fourth-order valence-corrected chi connectivity index (χ4v) is 2.44. The fourth-order valence-electron chi connectivity index (χ4n) is 2.44. The summed E-state index contributed by atoms with van der Waals surface area (Å²) in [5, 5.41) is 6.36. The van der Waals surface area contributed by atoms with Crippen LogP contribution in [-0.4, -0.2) is 50.1 Å². The third-order valence-electron chi connectivity index (χ3n) is 3.72. The second-order valence-corrected chi connectivity index (χ2v) is 5.46. The third-order valence-corrected chi connectivity index (χ3v) is 3.72. The quantitative estimate of drug-likeness (QED) is 0.594. The maximum absolute atomic E-state index is 11.6. The highest BCUT2D eigenvalue weighted by Gasteiger charge is 2.09. The van der Waals surface area contributed by atoms with Gasteiger partial charge < -0.3 is 10.6 Å². The minimum absolute atomic E-state index is 0.227. The number of nitrogens with one attached hydrogen (secondary N) is 2. The van der Waals surface area contributed by atoms with Crippen LogP contribution in [0, 0.1) is 0 Å². The molecule has 1 aliphatic heterocycles. The average molecular weight is 269 g/mol.